The standard InChI is InChI=1S/C15H22N2O.ClH/c1-3-17(14-6-4-12(2)5-7-14)15(18)13-8-10-16-11-9-13;/h4-7,13,16H,3,8-11H2,1-2H3;1H. The first-order valence-electron chi connectivity index (χ1n) is 6.81. The number of halogens is 1. The fraction of sp³-hybridized carbons (Fsp3) is 0.533. The first-order valence-corrected chi connectivity index (χ1v) is 6.81. The minimum absolute atomic E-state index is 0. The van der Waals surface area contributed by atoms with Gasteiger partial charge in [0.25, 0.3) is 0 Å². The molecule has 0 atom stereocenters. The highest BCUT2D eigenvalue weighted by molar-refractivity contribution is 5.95. The lowest BCUT2D eigenvalue weighted by molar-refractivity contribution is -0.123. The average Bonchev–Trinajstić information content (AvgIpc) is 2.42. The Labute approximate surface area is 121 Å². The highest BCUT2D eigenvalue weighted by Gasteiger charge is 2.25. The van der Waals surface area contributed by atoms with Gasteiger partial charge in [0.15, 0.2) is 0 Å². The second-order valence-electron chi connectivity index (χ2n) is 4.94. The van der Waals surface area contributed by atoms with E-state index in [1.54, 1.807) is 0 Å². The van der Waals surface area contributed by atoms with Crippen LogP contribution in [0.3, 0.4) is 0 Å². The third-order valence-electron chi connectivity index (χ3n) is 3.62. The summed E-state index contributed by atoms with van der Waals surface area (Å²) >= 11 is 0. The summed E-state index contributed by atoms with van der Waals surface area (Å²) in [6.45, 7) is 6.77. The van der Waals surface area contributed by atoms with Crippen LogP contribution in [-0.2, 0) is 4.79 Å². The minimum atomic E-state index is 0. The number of carbonyl (C=O) groups is 1. The number of anilines is 1. The van der Waals surface area contributed by atoms with Gasteiger partial charge in [-0.05, 0) is 51.9 Å². The van der Waals surface area contributed by atoms with Crippen molar-refractivity contribution in [3.05, 3.63) is 29.8 Å². The third kappa shape index (κ3) is 3.95. The number of amides is 1. The Hall–Kier alpha value is -1.06. The maximum atomic E-state index is 12.5. The molecule has 1 aromatic rings. The molecule has 19 heavy (non-hydrogen) atoms. The number of aryl methyl sites for hydroxylation is 1. The first kappa shape index (κ1) is 16.0. The number of nitrogens with zero attached hydrogens (tertiary/aromatic N) is 1. The van der Waals surface area contributed by atoms with Crippen LogP contribution in [0, 0.1) is 12.8 Å². The van der Waals surface area contributed by atoms with E-state index in [2.05, 4.69) is 24.4 Å². The molecule has 106 valence electrons. The largest absolute Gasteiger partial charge is 0.317 e. The van der Waals surface area contributed by atoms with Crippen molar-refractivity contribution in [3.8, 4) is 0 Å². The molecule has 3 nitrogen and oxygen atoms in total. The molecule has 1 N–H and O–H groups in total. The van der Waals surface area contributed by atoms with E-state index in [-0.39, 0.29) is 24.2 Å². The van der Waals surface area contributed by atoms with Crippen LogP contribution in [0.15, 0.2) is 24.3 Å². The zero-order chi connectivity index (χ0) is 13.0. The zero-order valence-corrected chi connectivity index (χ0v) is 12.5. The number of hydrogen-bond acceptors (Lipinski definition) is 2. The molecule has 1 aliphatic rings. The van der Waals surface area contributed by atoms with Crippen LogP contribution in [0.4, 0.5) is 5.69 Å². The zero-order valence-electron chi connectivity index (χ0n) is 11.7. The first-order chi connectivity index (χ1) is 8.72. The van der Waals surface area contributed by atoms with Gasteiger partial charge in [0, 0.05) is 18.2 Å². The van der Waals surface area contributed by atoms with Crippen molar-refractivity contribution in [2.24, 2.45) is 5.92 Å². The van der Waals surface area contributed by atoms with E-state index in [4.69, 9.17) is 0 Å². The highest BCUT2D eigenvalue weighted by atomic mass is 35.5. The van der Waals surface area contributed by atoms with Crippen LogP contribution in [0.25, 0.3) is 0 Å². The Kier molecular flexibility index (Phi) is 6.32. The van der Waals surface area contributed by atoms with Gasteiger partial charge >= 0.3 is 0 Å². The van der Waals surface area contributed by atoms with Gasteiger partial charge in [0.2, 0.25) is 5.91 Å². The molecule has 4 heteroatoms. The predicted molar refractivity (Wildman–Crippen MR) is 82.0 cm³/mol. The second kappa shape index (κ2) is 7.51. The number of benzene rings is 1. The number of hydrogen-bond donors (Lipinski definition) is 1. The van der Waals surface area contributed by atoms with Gasteiger partial charge in [-0.15, -0.1) is 12.4 Å². The average molecular weight is 283 g/mol. The summed E-state index contributed by atoms with van der Waals surface area (Å²) in [5.41, 5.74) is 2.25. The van der Waals surface area contributed by atoms with Gasteiger partial charge in [0.05, 0.1) is 0 Å². The highest BCUT2D eigenvalue weighted by Crippen LogP contribution is 2.21. The molecule has 1 amide bonds. The van der Waals surface area contributed by atoms with Gasteiger partial charge in [-0.25, -0.2) is 0 Å². The van der Waals surface area contributed by atoms with Gasteiger partial charge in [-0.1, -0.05) is 17.7 Å². The lowest BCUT2D eigenvalue weighted by atomic mass is 9.96. The van der Waals surface area contributed by atoms with Gasteiger partial charge in [0.1, 0.15) is 0 Å². The summed E-state index contributed by atoms with van der Waals surface area (Å²) in [6.07, 6.45) is 1.92. The molecule has 0 bridgehead atoms. The number of carbonyl (C=O) groups excluding carboxylic acids is 1. The van der Waals surface area contributed by atoms with Crippen molar-refractivity contribution in [1.29, 1.82) is 0 Å². The van der Waals surface area contributed by atoms with Crippen LogP contribution in [0.1, 0.15) is 25.3 Å². The molecule has 2 rings (SSSR count). The van der Waals surface area contributed by atoms with Crippen molar-refractivity contribution >= 4 is 24.0 Å². The van der Waals surface area contributed by atoms with Crippen molar-refractivity contribution < 1.29 is 4.79 Å². The van der Waals surface area contributed by atoms with E-state index in [1.165, 1.54) is 5.56 Å². The number of nitrogens with one attached hydrogen (secondary N) is 1. The van der Waals surface area contributed by atoms with E-state index >= 15 is 0 Å². The maximum Gasteiger partial charge on any atom is 0.230 e. The SMILES string of the molecule is CCN(C(=O)C1CCNCC1)c1ccc(C)cc1.Cl. The Morgan fingerprint density at radius 3 is 2.37 bits per heavy atom. The van der Waals surface area contributed by atoms with Crippen molar-refractivity contribution in [2.45, 2.75) is 26.7 Å². The molecule has 0 spiro atoms. The van der Waals surface area contributed by atoms with Crippen molar-refractivity contribution in [3.63, 3.8) is 0 Å². The summed E-state index contributed by atoms with van der Waals surface area (Å²) in [5, 5.41) is 3.30. The Balaban J connectivity index is 0.00000180. The van der Waals surface area contributed by atoms with E-state index in [9.17, 15) is 4.79 Å². The quantitative estimate of drug-likeness (QED) is 0.925. The Bertz CT molecular complexity index is 399. The molecule has 1 saturated heterocycles. The monoisotopic (exact) mass is 282 g/mol. The normalized spacial score (nSPS) is 15.7. The molecule has 0 saturated carbocycles. The molecule has 0 aromatic heterocycles. The van der Waals surface area contributed by atoms with Gasteiger partial charge in [-0.2, -0.15) is 0 Å². The fourth-order valence-electron chi connectivity index (χ4n) is 2.48. The fourth-order valence-corrected chi connectivity index (χ4v) is 2.48. The van der Waals surface area contributed by atoms with Crippen LogP contribution < -0.4 is 10.2 Å². The van der Waals surface area contributed by atoms with Crippen molar-refractivity contribution in [2.75, 3.05) is 24.5 Å². The maximum absolute atomic E-state index is 12.5. The van der Waals surface area contributed by atoms with Gasteiger partial charge < -0.3 is 10.2 Å². The van der Waals surface area contributed by atoms with E-state index in [0.717, 1.165) is 38.2 Å². The molecule has 0 aliphatic carbocycles. The molecule has 1 aromatic carbocycles. The smallest absolute Gasteiger partial charge is 0.230 e. The molecular weight excluding hydrogens is 260 g/mol. The van der Waals surface area contributed by atoms with E-state index < -0.39 is 0 Å². The predicted octanol–water partition coefficient (Wildman–Crippen LogP) is 2.77. The van der Waals surface area contributed by atoms with Crippen LogP contribution in [-0.4, -0.2) is 25.5 Å². The van der Waals surface area contributed by atoms with E-state index in [0.29, 0.717) is 0 Å². The van der Waals surface area contributed by atoms with Gasteiger partial charge in [-0.3, -0.25) is 4.79 Å². The lowest BCUT2D eigenvalue weighted by Gasteiger charge is -2.29. The summed E-state index contributed by atoms with van der Waals surface area (Å²) in [6, 6.07) is 8.21. The third-order valence-corrected chi connectivity index (χ3v) is 3.62. The van der Waals surface area contributed by atoms with Crippen LogP contribution in [0.2, 0.25) is 0 Å². The number of piperidine rings is 1. The van der Waals surface area contributed by atoms with Crippen LogP contribution in [0.5, 0.6) is 0 Å². The second-order valence-corrected chi connectivity index (χ2v) is 4.94. The summed E-state index contributed by atoms with van der Waals surface area (Å²) in [4.78, 5) is 14.4. The minimum Gasteiger partial charge on any atom is -0.317 e. The molecule has 1 aliphatic heterocycles. The molecule has 1 heterocycles. The topological polar surface area (TPSA) is 32.3 Å². The van der Waals surface area contributed by atoms with Crippen molar-refractivity contribution in [1.82, 2.24) is 5.32 Å². The molecular formula is C15H23ClN2O. The Morgan fingerprint density at radius 1 is 1.26 bits per heavy atom. The summed E-state index contributed by atoms with van der Waals surface area (Å²) in [5.74, 6) is 0.468. The number of rotatable bonds is 3. The van der Waals surface area contributed by atoms with Crippen LogP contribution >= 0.6 is 12.4 Å². The molecule has 0 radical (unpaired) electrons. The van der Waals surface area contributed by atoms with E-state index in [1.807, 2.05) is 24.0 Å². The summed E-state index contributed by atoms with van der Waals surface area (Å²) < 4.78 is 0. The summed E-state index contributed by atoms with van der Waals surface area (Å²) in [7, 11) is 0. The molecule has 1 fully saturated rings. The Morgan fingerprint density at radius 2 is 1.84 bits per heavy atom. The lowest BCUT2D eigenvalue weighted by Crippen LogP contribution is -2.41. The molecule has 0 unspecified atom stereocenters.